The summed E-state index contributed by atoms with van der Waals surface area (Å²) in [5.74, 6) is 3.06. The van der Waals surface area contributed by atoms with Crippen molar-refractivity contribution in [2.45, 2.75) is 45.9 Å². The minimum atomic E-state index is -0.112. The number of fused-ring (bicyclic) bond motifs is 1. The van der Waals surface area contributed by atoms with Crippen LogP contribution in [0.5, 0.6) is 5.75 Å². The number of anilines is 1. The maximum atomic E-state index is 11.2. The highest BCUT2D eigenvalue weighted by Crippen LogP contribution is 2.17. The maximum Gasteiger partial charge on any atom is 0.221 e. The Morgan fingerprint density at radius 1 is 1.39 bits per heavy atom. The highest BCUT2D eigenvalue weighted by atomic mass is 16.5. The lowest BCUT2D eigenvalue weighted by Crippen LogP contribution is -2.47. The van der Waals surface area contributed by atoms with Crippen molar-refractivity contribution >= 4 is 17.6 Å². The van der Waals surface area contributed by atoms with Crippen LogP contribution >= 0.6 is 0 Å². The van der Waals surface area contributed by atoms with E-state index in [1.54, 1.807) is 13.2 Å². The Morgan fingerprint density at radius 3 is 3.03 bits per heavy atom. The van der Waals surface area contributed by atoms with Gasteiger partial charge in [0.1, 0.15) is 24.8 Å². The first-order valence-electron chi connectivity index (χ1n) is 10.5. The van der Waals surface area contributed by atoms with Crippen LogP contribution in [0.3, 0.4) is 0 Å². The van der Waals surface area contributed by atoms with Crippen LogP contribution in [0.15, 0.2) is 29.3 Å². The Bertz CT molecular complexity index is 897. The van der Waals surface area contributed by atoms with Gasteiger partial charge in [-0.2, -0.15) is 5.10 Å². The minimum absolute atomic E-state index is 0.112. The Labute approximate surface area is 182 Å². The molecule has 1 unspecified atom stereocenters. The number of hydrogen-bond acceptors (Lipinski definition) is 6. The Kier molecular flexibility index (Phi) is 8.22. The summed E-state index contributed by atoms with van der Waals surface area (Å²) in [6, 6.07) is 7.54. The highest BCUT2D eigenvalue weighted by Gasteiger charge is 2.22. The van der Waals surface area contributed by atoms with Crippen molar-refractivity contribution < 1.29 is 14.3 Å². The van der Waals surface area contributed by atoms with Crippen LogP contribution in [0.1, 0.15) is 31.9 Å². The molecule has 0 spiro atoms. The average Bonchev–Trinajstić information content (AvgIpc) is 3.13. The van der Waals surface area contributed by atoms with Gasteiger partial charge in [0.05, 0.1) is 13.1 Å². The summed E-state index contributed by atoms with van der Waals surface area (Å²) in [6.45, 7) is 6.38. The van der Waals surface area contributed by atoms with Gasteiger partial charge in [-0.1, -0.05) is 6.07 Å². The number of aromatic nitrogens is 3. The average molecular weight is 430 g/mol. The molecule has 0 aliphatic carbocycles. The van der Waals surface area contributed by atoms with Crippen molar-refractivity contribution in [2.75, 3.05) is 32.1 Å². The number of aliphatic imine (C=N–C) groups is 1. The SMILES string of the molecule is CCNC(=NCCOc1cccc(NC(C)=O)c1)NC1CCc2nc(COC)nn2C1. The molecule has 10 nitrogen and oxygen atoms in total. The largest absolute Gasteiger partial charge is 0.492 e. The fraction of sp³-hybridized carbons (Fsp3) is 0.524. The predicted octanol–water partition coefficient (Wildman–Crippen LogP) is 1.33. The highest BCUT2D eigenvalue weighted by molar-refractivity contribution is 5.88. The molecule has 0 saturated carbocycles. The quantitative estimate of drug-likeness (QED) is 0.313. The van der Waals surface area contributed by atoms with Crippen LogP contribution in [-0.4, -0.2) is 59.5 Å². The van der Waals surface area contributed by atoms with Gasteiger partial charge in [-0.05, 0) is 25.5 Å². The third-order valence-electron chi connectivity index (χ3n) is 4.64. The van der Waals surface area contributed by atoms with E-state index >= 15 is 0 Å². The molecular weight excluding hydrogens is 398 g/mol. The normalized spacial score (nSPS) is 15.8. The van der Waals surface area contributed by atoms with Crippen LogP contribution in [0.25, 0.3) is 0 Å². The predicted molar refractivity (Wildman–Crippen MR) is 118 cm³/mol. The minimum Gasteiger partial charge on any atom is -0.492 e. The molecule has 1 aromatic carbocycles. The van der Waals surface area contributed by atoms with E-state index in [1.165, 1.54) is 6.92 Å². The molecule has 1 aromatic heterocycles. The van der Waals surface area contributed by atoms with E-state index in [4.69, 9.17) is 9.47 Å². The first-order valence-corrected chi connectivity index (χ1v) is 10.5. The van der Waals surface area contributed by atoms with Crippen molar-refractivity contribution in [1.29, 1.82) is 0 Å². The fourth-order valence-corrected chi connectivity index (χ4v) is 3.37. The summed E-state index contributed by atoms with van der Waals surface area (Å²) in [5.41, 5.74) is 0.710. The number of aryl methyl sites for hydroxylation is 1. The van der Waals surface area contributed by atoms with E-state index in [9.17, 15) is 4.79 Å². The summed E-state index contributed by atoms with van der Waals surface area (Å²) < 4.78 is 12.8. The molecule has 0 fully saturated rings. The zero-order chi connectivity index (χ0) is 22.1. The molecule has 2 aromatic rings. The van der Waals surface area contributed by atoms with Gasteiger partial charge in [-0.25, -0.2) is 14.7 Å². The summed E-state index contributed by atoms with van der Waals surface area (Å²) in [6.07, 6.45) is 1.82. The third kappa shape index (κ3) is 6.95. The third-order valence-corrected chi connectivity index (χ3v) is 4.64. The van der Waals surface area contributed by atoms with Crippen LogP contribution in [0.4, 0.5) is 5.69 Å². The van der Waals surface area contributed by atoms with E-state index in [2.05, 4.69) is 31.0 Å². The van der Waals surface area contributed by atoms with Crippen molar-refractivity contribution in [3.05, 3.63) is 35.9 Å². The van der Waals surface area contributed by atoms with Gasteiger partial charge in [0.15, 0.2) is 11.8 Å². The van der Waals surface area contributed by atoms with Crippen molar-refractivity contribution in [2.24, 2.45) is 4.99 Å². The number of benzene rings is 1. The fourth-order valence-electron chi connectivity index (χ4n) is 3.37. The molecule has 1 amide bonds. The lowest BCUT2D eigenvalue weighted by Gasteiger charge is -2.25. The molecule has 3 rings (SSSR count). The number of carbonyl (C=O) groups excluding carboxylic acids is 1. The number of hydrogen-bond donors (Lipinski definition) is 3. The second-order valence-corrected chi connectivity index (χ2v) is 7.26. The second-order valence-electron chi connectivity index (χ2n) is 7.26. The van der Waals surface area contributed by atoms with Crippen LogP contribution < -0.4 is 20.7 Å². The van der Waals surface area contributed by atoms with Gasteiger partial charge in [0, 0.05) is 44.8 Å². The van der Waals surface area contributed by atoms with E-state index in [-0.39, 0.29) is 11.9 Å². The molecule has 0 saturated heterocycles. The Morgan fingerprint density at radius 2 is 2.26 bits per heavy atom. The molecule has 31 heavy (non-hydrogen) atoms. The van der Waals surface area contributed by atoms with E-state index < -0.39 is 0 Å². The number of ether oxygens (including phenoxy) is 2. The number of amides is 1. The lowest BCUT2D eigenvalue weighted by atomic mass is 10.1. The number of nitrogens with one attached hydrogen (secondary N) is 3. The molecule has 1 aliphatic heterocycles. The van der Waals surface area contributed by atoms with Crippen LogP contribution in [0, 0.1) is 0 Å². The molecule has 0 radical (unpaired) electrons. The monoisotopic (exact) mass is 429 g/mol. The summed E-state index contributed by atoms with van der Waals surface area (Å²) in [7, 11) is 1.65. The molecule has 1 aliphatic rings. The first-order chi connectivity index (χ1) is 15.1. The van der Waals surface area contributed by atoms with Gasteiger partial charge in [-0.15, -0.1) is 0 Å². The Balaban J connectivity index is 1.50. The van der Waals surface area contributed by atoms with E-state index in [1.807, 2.05) is 29.8 Å². The van der Waals surface area contributed by atoms with Crippen molar-refractivity contribution in [3.63, 3.8) is 0 Å². The van der Waals surface area contributed by atoms with Gasteiger partial charge in [-0.3, -0.25) is 4.79 Å². The van der Waals surface area contributed by atoms with Gasteiger partial charge in [0.2, 0.25) is 5.91 Å². The van der Waals surface area contributed by atoms with E-state index in [0.717, 1.165) is 43.5 Å². The van der Waals surface area contributed by atoms with Gasteiger partial charge >= 0.3 is 0 Å². The Hall–Kier alpha value is -3.14. The number of carbonyl (C=O) groups is 1. The topological polar surface area (TPSA) is 115 Å². The number of methoxy groups -OCH3 is 1. The molecule has 10 heteroatoms. The summed E-state index contributed by atoms with van der Waals surface area (Å²) >= 11 is 0. The zero-order valence-corrected chi connectivity index (χ0v) is 18.4. The molecule has 2 heterocycles. The van der Waals surface area contributed by atoms with Crippen molar-refractivity contribution in [1.82, 2.24) is 25.4 Å². The molecule has 0 bridgehead atoms. The van der Waals surface area contributed by atoms with Crippen molar-refractivity contribution in [3.8, 4) is 5.75 Å². The van der Waals surface area contributed by atoms with Gasteiger partial charge in [0.25, 0.3) is 0 Å². The number of rotatable bonds is 9. The van der Waals surface area contributed by atoms with Gasteiger partial charge < -0.3 is 25.4 Å². The molecule has 3 N–H and O–H groups in total. The van der Waals surface area contributed by atoms with Crippen LogP contribution in [-0.2, 0) is 29.1 Å². The standard InChI is InChI=1S/C21H31N7O3/c1-4-22-21(23-10-11-31-18-7-5-6-16(12-18)24-15(2)29)25-17-8-9-20-26-19(14-30-3)27-28(20)13-17/h5-7,12,17H,4,8-11,13-14H2,1-3H3,(H,24,29)(H2,22,23,25). The number of guanidine groups is 1. The molecule has 1 atom stereocenters. The zero-order valence-electron chi connectivity index (χ0n) is 18.4. The lowest BCUT2D eigenvalue weighted by molar-refractivity contribution is -0.114. The first kappa shape index (κ1) is 22.5. The summed E-state index contributed by atoms with van der Waals surface area (Å²) in [5, 5.41) is 14.0. The van der Waals surface area contributed by atoms with E-state index in [0.29, 0.717) is 31.2 Å². The van der Waals surface area contributed by atoms with Crippen LogP contribution in [0.2, 0.25) is 0 Å². The molecular formula is C21H31N7O3. The molecule has 168 valence electrons. The summed E-state index contributed by atoms with van der Waals surface area (Å²) in [4.78, 5) is 20.3. The smallest absolute Gasteiger partial charge is 0.221 e. The second kappa shape index (κ2) is 11.3. The number of nitrogens with zero attached hydrogens (tertiary/aromatic N) is 4. The maximum absolute atomic E-state index is 11.2.